The van der Waals surface area contributed by atoms with Gasteiger partial charge in [0.05, 0.1) is 6.04 Å². The van der Waals surface area contributed by atoms with E-state index in [2.05, 4.69) is 16.0 Å². The Hall–Kier alpha value is -4.43. The molecule has 0 unspecified atom stereocenters. The number of benzene rings is 3. The molecule has 3 aromatic rings. The first-order valence-electron chi connectivity index (χ1n) is 14.7. The van der Waals surface area contributed by atoms with E-state index in [0.29, 0.717) is 12.2 Å². The lowest BCUT2D eigenvalue weighted by atomic mass is 9.91. The summed E-state index contributed by atoms with van der Waals surface area (Å²) in [7, 11) is 3.68. The van der Waals surface area contributed by atoms with Crippen LogP contribution in [0.1, 0.15) is 43.4 Å². The average molecular weight is 583 g/mol. The van der Waals surface area contributed by atoms with Gasteiger partial charge in [-0.2, -0.15) is 0 Å². The predicted molar refractivity (Wildman–Crippen MR) is 169 cm³/mol. The Kier molecular flexibility index (Phi) is 10.7. The van der Waals surface area contributed by atoms with Crippen molar-refractivity contribution in [3.05, 3.63) is 108 Å². The van der Waals surface area contributed by atoms with E-state index in [4.69, 9.17) is 4.74 Å². The van der Waals surface area contributed by atoms with Gasteiger partial charge in [-0.15, -0.1) is 0 Å². The lowest BCUT2D eigenvalue weighted by Crippen LogP contribution is -2.62. The van der Waals surface area contributed by atoms with Gasteiger partial charge in [-0.05, 0) is 61.3 Å². The van der Waals surface area contributed by atoms with Crippen molar-refractivity contribution in [2.45, 2.75) is 57.3 Å². The molecule has 5 rings (SSSR count). The number of nitrogens with zero attached hydrogens (tertiary/aromatic N) is 1. The number of carbonyl (C=O) groups excluding carboxylic acids is 3. The maximum absolute atomic E-state index is 14.2. The number of hydrogen-bond acceptors (Lipinski definition) is 5. The molecule has 5 atom stereocenters. The van der Waals surface area contributed by atoms with E-state index in [-0.39, 0.29) is 23.7 Å². The molecular formula is C35H42N4O4. The zero-order valence-electron chi connectivity index (χ0n) is 25.5. The number of likely N-dealkylation sites (N-methyl/N-ethyl adjacent to an activating group) is 1. The third-order valence-electron chi connectivity index (χ3n) is 7.82. The molecule has 2 aliphatic heterocycles. The van der Waals surface area contributed by atoms with Crippen molar-refractivity contribution < 1.29 is 19.1 Å². The van der Waals surface area contributed by atoms with Crippen LogP contribution in [0.25, 0.3) is 6.08 Å². The fourth-order valence-electron chi connectivity index (χ4n) is 5.22. The molecule has 2 aliphatic rings. The number of nitrogens with one attached hydrogen (secondary N) is 3. The smallest absolute Gasteiger partial charge is 0.247 e. The van der Waals surface area contributed by atoms with Crippen LogP contribution < -0.4 is 20.7 Å². The summed E-state index contributed by atoms with van der Waals surface area (Å²) in [6, 6.07) is 24.2. The largest absolute Gasteiger partial charge is 0.487 e. The standard InChI is InChI=1S/C35H42N4O4/c1-23(2)32-31(38-33(40)29(39(4)5)22-26-12-8-6-9-13-26)35(42)37-30(24(3)27-14-10-7-11-15-27)34(41)36-21-20-25-16-18-28(43-32)19-17-25/h6-21,23-24,29-32H,22H2,1-5H3,(H,36,41)(H,37,42)(H,38,40)/t24-,29+,30-,31-,32+/m1/s1. The molecule has 0 saturated carbocycles. The summed E-state index contributed by atoms with van der Waals surface area (Å²) in [6.07, 6.45) is 3.10. The van der Waals surface area contributed by atoms with Crippen molar-refractivity contribution in [1.82, 2.24) is 20.9 Å². The van der Waals surface area contributed by atoms with E-state index in [1.54, 1.807) is 12.3 Å². The van der Waals surface area contributed by atoms with Crippen LogP contribution in [-0.4, -0.2) is 60.9 Å². The quantitative estimate of drug-likeness (QED) is 0.371. The molecule has 8 nitrogen and oxygen atoms in total. The monoisotopic (exact) mass is 582 g/mol. The van der Waals surface area contributed by atoms with Crippen molar-refractivity contribution >= 4 is 23.8 Å². The van der Waals surface area contributed by atoms with Crippen LogP contribution in [0, 0.1) is 5.92 Å². The second-order valence-corrected chi connectivity index (χ2v) is 11.6. The number of ether oxygens (including phenoxy) is 1. The average Bonchev–Trinajstić information content (AvgIpc) is 3.00. The SMILES string of the molecule is CC(C)[C@@H]1Oc2ccc(cc2)C=CNC(=O)[C@@H]([C@H](C)c2ccccc2)NC(=O)[C@@H]1NC(=O)[C@H](Cc1ccccc1)N(C)C. The van der Waals surface area contributed by atoms with Gasteiger partial charge in [0.1, 0.15) is 23.9 Å². The topological polar surface area (TPSA) is 99.8 Å². The minimum atomic E-state index is -1.08. The molecule has 0 aliphatic carbocycles. The first kappa shape index (κ1) is 31.5. The van der Waals surface area contributed by atoms with Crippen molar-refractivity contribution in [3.63, 3.8) is 0 Å². The summed E-state index contributed by atoms with van der Waals surface area (Å²) in [5, 5.41) is 8.83. The van der Waals surface area contributed by atoms with Crippen LogP contribution in [-0.2, 0) is 20.8 Å². The van der Waals surface area contributed by atoms with Gasteiger partial charge in [-0.25, -0.2) is 0 Å². The van der Waals surface area contributed by atoms with Crippen LogP contribution in [0.2, 0.25) is 0 Å². The molecule has 8 heteroatoms. The van der Waals surface area contributed by atoms with E-state index in [9.17, 15) is 14.4 Å². The Morgan fingerprint density at radius 3 is 2.12 bits per heavy atom. The van der Waals surface area contributed by atoms with Crippen molar-refractivity contribution in [2.75, 3.05) is 14.1 Å². The van der Waals surface area contributed by atoms with Crippen molar-refractivity contribution in [1.29, 1.82) is 0 Å². The molecule has 0 radical (unpaired) electrons. The summed E-state index contributed by atoms with van der Waals surface area (Å²) in [6.45, 7) is 5.79. The number of rotatable bonds is 8. The number of fused-ring (bicyclic) bond motifs is 10. The van der Waals surface area contributed by atoms with E-state index in [0.717, 1.165) is 16.7 Å². The number of carbonyl (C=O) groups is 3. The Balaban J connectivity index is 1.72. The predicted octanol–water partition coefficient (Wildman–Crippen LogP) is 4.14. The van der Waals surface area contributed by atoms with Gasteiger partial charge in [-0.1, -0.05) is 93.6 Å². The Bertz CT molecular complexity index is 1390. The molecule has 0 fully saturated rings. The Labute approximate surface area is 254 Å². The van der Waals surface area contributed by atoms with Crippen LogP contribution in [0.15, 0.2) is 91.1 Å². The molecule has 43 heavy (non-hydrogen) atoms. The third kappa shape index (κ3) is 8.32. The number of hydrogen-bond donors (Lipinski definition) is 3. The summed E-state index contributed by atoms with van der Waals surface area (Å²) >= 11 is 0. The van der Waals surface area contributed by atoms with Gasteiger partial charge >= 0.3 is 0 Å². The van der Waals surface area contributed by atoms with Crippen molar-refractivity contribution in [3.8, 4) is 5.75 Å². The minimum absolute atomic E-state index is 0.158. The molecule has 3 aromatic carbocycles. The van der Waals surface area contributed by atoms with Gasteiger partial charge in [0.25, 0.3) is 0 Å². The summed E-state index contributed by atoms with van der Waals surface area (Å²) in [5.74, 6) is -1.10. The highest BCUT2D eigenvalue weighted by Crippen LogP contribution is 2.23. The Morgan fingerprint density at radius 1 is 0.884 bits per heavy atom. The zero-order chi connectivity index (χ0) is 30.9. The number of amides is 3. The zero-order valence-corrected chi connectivity index (χ0v) is 25.5. The maximum Gasteiger partial charge on any atom is 0.247 e. The van der Waals surface area contributed by atoms with Crippen LogP contribution in [0.4, 0.5) is 0 Å². The van der Waals surface area contributed by atoms with E-state index >= 15 is 0 Å². The Morgan fingerprint density at radius 2 is 1.51 bits per heavy atom. The van der Waals surface area contributed by atoms with Gasteiger partial charge in [0.2, 0.25) is 17.7 Å². The maximum atomic E-state index is 14.2. The fraction of sp³-hybridized carbons (Fsp3) is 0.343. The van der Waals surface area contributed by atoms with Gasteiger partial charge in [-0.3, -0.25) is 19.3 Å². The minimum Gasteiger partial charge on any atom is -0.487 e. The van der Waals surface area contributed by atoms with E-state index in [1.165, 1.54) is 0 Å². The summed E-state index contributed by atoms with van der Waals surface area (Å²) in [5.41, 5.74) is 2.78. The van der Waals surface area contributed by atoms with E-state index in [1.807, 2.05) is 125 Å². The summed E-state index contributed by atoms with van der Waals surface area (Å²) < 4.78 is 6.41. The van der Waals surface area contributed by atoms with Gasteiger partial charge < -0.3 is 20.7 Å². The van der Waals surface area contributed by atoms with Crippen molar-refractivity contribution in [2.24, 2.45) is 5.92 Å². The van der Waals surface area contributed by atoms with Gasteiger partial charge in [0, 0.05) is 12.1 Å². The summed E-state index contributed by atoms with van der Waals surface area (Å²) in [4.78, 5) is 43.5. The highest BCUT2D eigenvalue weighted by atomic mass is 16.5. The van der Waals surface area contributed by atoms with E-state index < -0.39 is 30.1 Å². The van der Waals surface area contributed by atoms with Crippen LogP contribution in [0.5, 0.6) is 5.75 Å². The lowest BCUT2D eigenvalue weighted by molar-refractivity contribution is -0.136. The molecule has 2 bridgehead atoms. The lowest BCUT2D eigenvalue weighted by Gasteiger charge is -2.34. The normalized spacial score (nSPS) is 20.5. The molecule has 226 valence electrons. The highest BCUT2D eigenvalue weighted by molar-refractivity contribution is 5.94. The molecule has 0 spiro atoms. The molecule has 0 saturated heterocycles. The van der Waals surface area contributed by atoms with Gasteiger partial charge in [0.15, 0.2) is 0 Å². The van der Waals surface area contributed by atoms with Crippen LogP contribution in [0.3, 0.4) is 0 Å². The molecule has 0 aromatic heterocycles. The second-order valence-electron chi connectivity index (χ2n) is 11.6. The third-order valence-corrected chi connectivity index (χ3v) is 7.82. The molecule has 2 heterocycles. The second kappa shape index (κ2) is 14.6. The fourth-order valence-corrected chi connectivity index (χ4v) is 5.22. The highest BCUT2D eigenvalue weighted by Gasteiger charge is 2.39. The molecule has 3 amide bonds. The molecular weight excluding hydrogens is 540 g/mol. The first-order chi connectivity index (χ1) is 20.6. The van der Waals surface area contributed by atoms with Crippen LogP contribution >= 0.6 is 0 Å². The first-order valence-corrected chi connectivity index (χ1v) is 14.7. The molecule has 3 N–H and O–H groups in total.